The Balaban J connectivity index is 1.87. The van der Waals surface area contributed by atoms with Gasteiger partial charge in [0.2, 0.25) is 5.91 Å². The maximum atomic E-state index is 12.2. The molecule has 2 rings (SSSR count). The summed E-state index contributed by atoms with van der Waals surface area (Å²) in [5.41, 5.74) is 1.27. The van der Waals surface area contributed by atoms with Crippen LogP contribution < -0.4 is 0 Å². The maximum Gasteiger partial charge on any atom is 0.306 e. The number of nitrogens with zero attached hydrogens (tertiary/aromatic N) is 1. The van der Waals surface area contributed by atoms with Crippen LogP contribution in [0.3, 0.4) is 0 Å². The van der Waals surface area contributed by atoms with E-state index in [1.54, 1.807) is 0 Å². The lowest BCUT2D eigenvalue weighted by Crippen LogP contribution is -2.45. The molecule has 2 atom stereocenters. The second-order valence-electron chi connectivity index (χ2n) is 5.84. The van der Waals surface area contributed by atoms with E-state index in [2.05, 4.69) is 6.08 Å². The first kappa shape index (κ1) is 14.1. The zero-order valence-corrected chi connectivity index (χ0v) is 11.6. The van der Waals surface area contributed by atoms with Gasteiger partial charge in [-0.3, -0.25) is 9.59 Å². The smallest absolute Gasteiger partial charge is 0.306 e. The van der Waals surface area contributed by atoms with Crippen molar-refractivity contribution in [3.05, 3.63) is 11.6 Å². The predicted octanol–water partition coefficient (Wildman–Crippen LogP) is 2.45. The van der Waals surface area contributed by atoms with Gasteiger partial charge in [-0.25, -0.2) is 0 Å². The summed E-state index contributed by atoms with van der Waals surface area (Å²) < 4.78 is 0. The largest absolute Gasteiger partial charge is 0.481 e. The maximum absolute atomic E-state index is 12.2. The Morgan fingerprint density at radius 3 is 2.79 bits per heavy atom. The Bertz CT molecular complexity index is 389. The second-order valence-corrected chi connectivity index (χ2v) is 5.84. The molecule has 2 unspecified atom stereocenters. The van der Waals surface area contributed by atoms with E-state index in [9.17, 15) is 9.59 Å². The van der Waals surface area contributed by atoms with E-state index < -0.39 is 5.97 Å². The molecule has 0 aromatic rings. The van der Waals surface area contributed by atoms with Gasteiger partial charge in [0.25, 0.3) is 0 Å². The number of allylic oxidation sites excluding steroid dienone is 1. The Morgan fingerprint density at radius 1 is 1.42 bits per heavy atom. The van der Waals surface area contributed by atoms with E-state index in [0.29, 0.717) is 25.9 Å². The van der Waals surface area contributed by atoms with E-state index in [1.165, 1.54) is 18.4 Å². The zero-order chi connectivity index (χ0) is 13.8. The SMILES string of the molecule is CC1CN(C(=O)CC2=CCCCC2)CCC1C(=O)O. The number of carbonyl (C=O) groups excluding carboxylic acids is 1. The van der Waals surface area contributed by atoms with Crippen molar-refractivity contribution < 1.29 is 14.7 Å². The second kappa shape index (κ2) is 6.22. The Morgan fingerprint density at radius 2 is 2.21 bits per heavy atom. The van der Waals surface area contributed by atoms with Crippen LogP contribution in [-0.2, 0) is 9.59 Å². The van der Waals surface area contributed by atoms with Crippen molar-refractivity contribution >= 4 is 11.9 Å². The molecule has 1 fully saturated rings. The van der Waals surface area contributed by atoms with Gasteiger partial charge in [-0.2, -0.15) is 0 Å². The fourth-order valence-electron chi connectivity index (χ4n) is 3.11. The van der Waals surface area contributed by atoms with Crippen LogP contribution in [0.25, 0.3) is 0 Å². The van der Waals surface area contributed by atoms with Gasteiger partial charge in [-0.05, 0) is 38.0 Å². The molecule has 2 aliphatic rings. The van der Waals surface area contributed by atoms with Gasteiger partial charge in [0.15, 0.2) is 0 Å². The highest BCUT2D eigenvalue weighted by Gasteiger charge is 2.32. The number of rotatable bonds is 3. The van der Waals surface area contributed by atoms with Gasteiger partial charge < -0.3 is 10.0 Å². The summed E-state index contributed by atoms with van der Waals surface area (Å²) in [6.45, 7) is 3.11. The Hall–Kier alpha value is -1.32. The molecule has 1 saturated heterocycles. The molecule has 19 heavy (non-hydrogen) atoms. The van der Waals surface area contributed by atoms with Crippen LogP contribution in [-0.4, -0.2) is 35.0 Å². The normalized spacial score (nSPS) is 27.8. The van der Waals surface area contributed by atoms with Crippen LogP contribution in [0.5, 0.6) is 0 Å². The molecule has 0 aromatic carbocycles. The first-order valence-corrected chi connectivity index (χ1v) is 7.26. The van der Waals surface area contributed by atoms with Crippen LogP contribution in [0.4, 0.5) is 0 Å². The quantitative estimate of drug-likeness (QED) is 0.797. The van der Waals surface area contributed by atoms with Crippen molar-refractivity contribution in [2.45, 2.75) is 45.4 Å². The number of carboxylic acid groups (broad SMARTS) is 1. The number of amides is 1. The van der Waals surface area contributed by atoms with E-state index in [4.69, 9.17) is 5.11 Å². The molecule has 1 heterocycles. The van der Waals surface area contributed by atoms with Gasteiger partial charge in [0, 0.05) is 19.5 Å². The number of piperidine rings is 1. The third-order valence-electron chi connectivity index (χ3n) is 4.34. The number of likely N-dealkylation sites (tertiary alicyclic amines) is 1. The summed E-state index contributed by atoms with van der Waals surface area (Å²) in [6.07, 6.45) is 7.89. The lowest BCUT2D eigenvalue weighted by molar-refractivity contribution is -0.148. The molecule has 0 aromatic heterocycles. The number of carboxylic acids is 1. The third-order valence-corrected chi connectivity index (χ3v) is 4.34. The average Bonchev–Trinajstić information content (AvgIpc) is 2.39. The summed E-state index contributed by atoms with van der Waals surface area (Å²) in [7, 11) is 0. The Labute approximate surface area is 114 Å². The van der Waals surface area contributed by atoms with E-state index in [1.807, 2.05) is 11.8 Å². The zero-order valence-electron chi connectivity index (χ0n) is 11.6. The van der Waals surface area contributed by atoms with E-state index in [0.717, 1.165) is 12.8 Å². The van der Waals surface area contributed by atoms with Crippen molar-refractivity contribution in [2.24, 2.45) is 11.8 Å². The molecule has 1 aliphatic heterocycles. The molecule has 0 spiro atoms. The molecular weight excluding hydrogens is 242 g/mol. The van der Waals surface area contributed by atoms with E-state index in [-0.39, 0.29) is 17.7 Å². The van der Waals surface area contributed by atoms with E-state index >= 15 is 0 Å². The number of hydrogen-bond donors (Lipinski definition) is 1. The molecule has 1 amide bonds. The molecule has 0 saturated carbocycles. The number of carbonyl (C=O) groups is 2. The minimum atomic E-state index is -0.727. The van der Waals surface area contributed by atoms with Crippen molar-refractivity contribution in [1.82, 2.24) is 4.90 Å². The highest BCUT2D eigenvalue weighted by Crippen LogP contribution is 2.26. The van der Waals surface area contributed by atoms with Gasteiger partial charge >= 0.3 is 5.97 Å². The monoisotopic (exact) mass is 265 g/mol. The summed E-state index contributed by atoms with van der Waals surface area (Å²) >= 11 is 0. The van der Waals surface area contributed by atoms with Crippen molar-refractivity contribution in [1.29, 1.82) is 0 Å². The topological polar surface area (TPSA) is 57.6 Å². The molecule has 1 aliphatic carbocycles. The minimum Gasteiger partial charge on any atom is -0.481 e. The fraction of sp³-hybridized carbons (Fsp3) is 0.733. The lowest BCUT2D eigenvalue weighted by atomic mass is 9.86. The summed E-state index contributed by atoms with van der Waals surface area (Å²) in [4.78, 5) is 25.1. The van der Waals surface area contributed by atoms with Crippen LogP contribution >= 0.6 is 0 Å². The first-order valence-electron chi connectivity index (χ1n) is 7.26. The predicted molar refractivity (Wildman–Crippen MR) is 72.7 cm³/mol. The first-order chi connectivity index (χ1) is 9.08. The van der Waals surface area contributed by atoms with Gasteiger partial charge in [-0.1, -0.05) is 18.6 Å². The van der Waals surface area contributed by atoms with Crippen LogP contribution in [0.2, 0.25) is 0 Å². The van der Waals surface area contributed by atoms with Crippen molar-refractivity contribution in [3.8, 4) is 0 Å². The molecule has 106 valence electrons. The van der Waals surface area contributed by atoms with Crippen LogP contribution in [0.15, 0.2) is 11.6 Å². The molecule has 0 radical (unpaired) electrons. The van der Waals surface area contributed by atoms with Gasteiger partial charge in [0.05, 0.1) is 5.92 Å². The summed E-state index contributed by atoms with van der Waals surface area (Å²) in [5.74, 6) is -0.799. The Kier molecular flexibility index (Phi) is 4.61. The lowest BCUT2D eigenvalue weighted by Gasteiger charge is -2.35. The minimum absolute atomic E-state index is 0.0514. The van der Waals surface area contributed by atoms with Gasteiger partial charge in [-0.15, -0.1) is 0 Å². The van der Waals surface area contributed by atoms with Gasteiger partial charge in [0.1, 0.15) is 0 Å². The molecular formula is C15H23NO3. The summed E-state index contributed by atoms with van der Waals surface area (Å²) in [5, 5.41) is 9.08. The van der Waals surface area contributed by atoms with Crippen LogP contribution in [0, 0.1) is 11.8 Å². The third kappa shape index (κ3) is 3.58. The molecule has 4 nitrogen and oxygen atoms in total. The average molecular weight is 265 g/mol. The van der Waals surface area contributed by atoms with Crippen molar-refractivity contribution in [2.75, 3.05) is 13.1 Å². The highest BCUT2D eigenvalue weighted by atomic mass is 16.4. The number of aliphatic carboxylic acids is 1. The van der Waals surface area contributed by atoms with Crippen LogP contribution in [0.1, 0.15) is 45.4 Å². The molecule has 1 N–H and O–H groups in total. The summed E-state index contributed by atoms with van der Waals surface area (Å²) in [6, 6.07) is 0. The van der Waals surface area contributed by atoms with Crippen molar-refractivity contribution in [3.63, 3.8) is 0 Å². The number of hydrogen-bond acceptors (Lipinski definition) is 2. The standard InChI is InChI=1S/C15H23NO3/c1-11-10-16(8-7-13(11)15(18)19)14(17)9-12-5-3-2-4-6-12/h5,11,13H,2-4,6-10H2,1H3,(H,18,19). The highest BCUT2D eigenvalue weighted by molar-refractivity contribution is 5.79. The fourth-order valence-corrected chi connectivity index (χ4v) is 3.11. The molecule has 4 heteroatoms. The molecule has 0 bridgehead atoms.